The molecule has 1 aromatic heterocycles. The van der Waals surface area contributed by atoms with Crippen molar-refractivity contribution in [2.75, 3.05) is 11.9 Å². The van der Waals surface area contributed by atoms with Crippen LogP contribution in [0.1, 0.15) is 22.3 Å². The lowest BCUT2D eigenvalue weighted by molar-refractivity contribution is 0.102. The standard InChI is InChI=1S/C14H14N4O3S2/c1-3-8-15-23(20,21)11-7-5-6-10(9-11)13(19)16-14-18-17-12(4-2)22-14/h1,5-7,9,15H,4,8H2,2H3,(H,16,18,19). The number of sulfonamides is 1. The van der Waals surface area contributed by atoms with E-state index >= 15 is 0 Å². The van der Waals surface area contributed by atoms with Gasteiger partial charge in [0, 0.05) is 5.56 Å². The fraction of sp³-hybridized carbons (Fsp3) is 0.214. The first kappa shape index (κ1) is 17.1. The lowest BCUT2D eigenvalue weighted by atomic mass is 10.2. The van der Waals surface area contributed by atoms with E-state index in [4.69, 9.17) is 6.42 Å². The zero-order chi connectivity index (χ0) is 16.9. The second kappa shape index (κ2) is 7.32. The van der Waals surface area contributed by atoms with E-state index in [0.29, 0.717) is 5.13 Å². The van der Waals surface area contributed by atoms with Gasteiger partial charge in [-0.05, 0) is 24.6 Å². The van der Waals surface area contributed by atoms with Crippen LogP contribution in [0.3, 0.4) is 0 Å². The second-order valence-corrected chi connectivity index (χ2v) is 7.19. The molecule has 1 aromatic carbocycles. The maximum atomic E-state index is 12.2. The minimum atomic E-state index is -3.75. The largest absolute Gasteiger partial charge is 0.296 e. The number of nitrogens with zero attached hydrogens (tertiary/aromatic N) is 2. The number of hydrogen-bond acceptors (Lipinski definition) is 6. The van der Waals surface area contributed by atoms with Gasteiger partial charge in [-0.25, -0.2) is 8.42 Å². The van der Waals surface area contributed by atoms with E-state index in [9.17, 15) is 13.2 Å². The summed E-state index contributed by atoms with van der Waals surface area (Å²) in [6.45, 7) is 1.81. The first-order valence-corrected chi connectivity index (χ1v) is 8.93. The molecule has 0 atom stereocenters. The summed E-state index contributed by atoms with van der Waals surface area (Å²) in [4.78, 5) is 12.1. The van der Waals surface area contributed by atoms with E-state index in [1.807, 2.05) is 6.92 Å². The summed E-state index contributed by atoms with van der Waals surface area (Å²) in [5.74, 6) is 1.73. The van der Waals surface area contributed by atoms with Crippen LogP contribution in [0.5, 0.6) is 0 Å². The lowest BCUT2D eigenvalue weighted by Crippen LogP contribution is -2.24. The zero-order valence-corrected chi connectivity index (χ0v) is 13.9. The highest BCUT2D eigenvalue weighted by atomic mass is 32.2. The molecule has 7 nitrogen and oxygen atoms in total. The number of carbonyl (C=O) groups is 1. The van der Waals surface area contributed by atoms with Crippen LogP contribution in [0, 0.1) is 12.3 Å². The third-order valence-electron chi connectivity index (χ3n) is 2.76. The highest BCUT2D eigenvalue weighted by Crippen LogP contribution is 2.17. The number of nitrogens with one attached hydrogen (secondary N) is 2. The Balaban J connectivity index is 2.19. The van der Waals surface area contributed by atoms with Crippen LogP contribution in [0.2, 0.25) is 0 Å². The third-order valence-corrected chi connectivity index (χ3v) is 5.14. The number of carbonyl (C=O) groups excluding carboxylic acids is 1. The van der Waals surface area contributed by atoms with E-state index < -0.39 is 15.9 Å². The Labute approximate surface area is 138 Å². The monoisotopic (exact) mass is 350 g/mol. The minimum Gasteiger partial charge on any atom is -0.296 e. The number of terminal acetylenes is 1. The minimum absolute atomic E-state index is 0.0353. The van der Waals surface area contributed by atoms with E-state index in [2.05, 4.69) is 26.2 Å². The van der Waals surface area contributed by atoms with Crippen molar-refractivity contribution < 1.29 is 13.2 Å². The van der Waals surface area contributed by atoms with Crippen molar-refractivity contribution in [3.8, 4) is 12.3 Å². The molecule has 9 heteroatoms. The molecule has 0 aliphatic rings. The summed E-state index contributed by atoms with van der Waals surface area (Å²) in [6.07, 6.45) is 5.76. The van der Waals surface area contributed by atoms with E-state index in [-0.39, 0.29) is 17.0 Å². The van der Waals surface area contributed by atoms with Gasteiger partial charge in [0.2, 0.25) is 15.2 Å². The number of anilines is 1. The van der Waals surface area contributed by atoms with Crippen molar-refractivity contribution in [2.45, 2.75) is 18.2 Å². The first-order valence-electron chi connectivity index (χ1n) is 6.63. The normalized spacial score (nSPS) is 11.0. The number of aromatic nitrogens is 2. The van der Waals surface area contributed by atoms with Gasteiger partial charge in [0.25, 0.3) is 5.91 Å². The van der Waals surface area contributed by atoms with Crippen LogP contribution >= 0.6 is 11.3 Å². The Morgan fingerprint density at radius 1 is 1.39 bits per heavy atom. The third kappa shape index (κ3) is 4.35. The summed E-state index contributed by atoms with van der Waals surface area (Å²) in [5.41, 5.74) is 0.196. The van der Waals surface area contributed by atoms with E-state index in [1.165, 1.54) is 35.6 Å². The fourth-order valence-corrected chi connectivity index (χ4v) is 3.30. The molecule has 120 valence electrons. The molecule has 0 spiro atoms. The van der Waals surface area contributed by atoms with Crippen molar-refractivity contribution in [2.24, 2.45) is 0 Å². The van der Waals surface area contributed by atoms with Gasteiger partial charge in [0.15, 0.2) is 0 Å². The first-order chi connectivity index (χ1) is 11.0. The van der Waals surface area contributed by atoms with Gasteiger partial charge in [-0.2, -0.15) is 4.72 Å². The van der Waals surface area contributed by atoms with Gasteiger partial charge in [0.05, 0.1) is 11.4 Å². The van der Waals surface area contributed by atoms with Crippen LogP contribution in [-0.4, -0.2) is 31.1 Å². The quantitative estimate of drug-likeness (QED) is 0.764. The van der Waals surface area contributed by atoms with Crippen molar-refractivity contribution in [1.82, 2.24) is 14.9 Å². The highest BCUT2D eigenvalue weighted by Gasteiger charge is 2.16. The van der Waals surface area contributed by atoms with Crippen molar-refractivity contribution in [3.63, 3.8) is 0 Å². The summed E-state index contributed by atoms with van der Waals surface area (Å²) in [6, 6.07) is 5.65. The number of benzene rings is 1. The molecule has 0 aliphatic heterocycles. The SMILES string of the molecule is C#CCNS(=O)(=O)c1cccc(C(=O)Nc2nnc(CC)s2)c1. The topological polar surface area (TPSA) is 101 Å². The Hall–Kier alpha value is -2.28. The smallest absolute Gasteiger partial charge is 0.257 e. The predicted molar refractivity (Wildman–Crippen MR) is 87.7 cm³/mol. The molecule has 0 fully saturated rings. The van der Waals surface area contributed by atoms with Gasteiger partial charge in [-0.1, -0.05) is 30.2 Å². The summed E-state index contributed by atoms with van der Waals surface area (Å²) in [7, 11) is -3.75. The molecule has 0 aliphatic carbocycles. The number of rotatable bonds is 6. The lowest BCUT2D eigenvalue weighted by Gasteiger charge is -2.06. The molecule has 1 amide bonds. The Bertz CT molecular complexity index is 853. The van der Waals surface area contributed by atoms with Crippen LogP contribution in [0.4, 0.5) is 5.13 Å². The van der Waals surface area contributed by atoms with Crippen molar-refractivity contribution in [1.29, 1.82) is 0 Å². The molecule has 0 unspecified atom stereocenters. The van der Waals surface area contributed by atoms with Gasteiger partial charge >= 0.3 is 0 Å². The van der Waals surface area contributed by atoms with Crippen LogP contribution < -0.4 is 10.0 Å². The highest BCUT2D eigenvalue weighted by molar-refractivity contribution is 7.89. The molecule has 0 saturated carbocycles. The average Bonchev–Trinajstić information content (AvgIpc) is 3.00. The molecule has 0 radical (unpaired) electrons. The molecule has 1 heterocycles. The van der Waals surface area contributed by atoms with E-state index in [0.717, 1.165) is 11.4 Å². The summed E-state index contributed by atoms with van der Waals surface area (Å²) in [5, 5.41) is 11.5. The number of aryl methyl sites for hydroxylation is 1. The van der Waals surface area contributed by atoms with Crippen LogP contribution in [0.25, 0.3) is 0 Å². The van der Waals surface area contributed by atoms with Gasteiger partial charge in [-0.3, -0.25) is 10.1 Å². The molecular formula is C14H14N4O3S2. The fourth-order valence-electron chi connectivity index (χ4n) is 1.64. The number of hydrogen-bond donors (Lipinski definition) is 2. The maximum Gasteiger partial charge on any atom is 0.257 e. The predicted octanol–water partition coefficient (Wildman–Crippen LogP) is 1.26. The average molecular weight is 350 g/mol. The molecule has 2 N–H and O–H groups in total. The summed E-state index contributed by atoms with van der Waals surface area (Å²) >= 11 is 1.27. The molecule has 0 saturated heterocycles. The zero-order valence-electron chi connectivity index (χ0n) is 12.2. The Kier molecular flexibility index (Phi) is 5.44. The molecule has 23 heavy (non-hydrogen) atoms. The van der Waals surface area contributed by atoms with E-state index in [1.54, 1.807) is 0 Å². The Morgan fingerprint density at radius 3 is 2.83 bits per heavy atom. The van der Waals surface area contributed by atoms with Gasteiger partial charge in [-0.15, -0.1) is 16.6 Å². The van der Waals surface area contributed by atoms with Crippen LogP contribution in [-0.2, 0) is 16.4 Å². The summed E-state index contributed by atoms with van der Waals surface area (Å²) < 4.78 is 26.3. The van der Waals surface area contributed by atoms with Gasteiger partial charge in [0.1, 0.15) is 5.01 Å². The molecule has 2 rings (SSSR count). The van der Waals surface area contributed by atoms with Crippen molar-refractivity contribution >= 4 is 32.4 Å². The van der Waals surface area contributed by atoms with Crippen LogP contribution in [0.15, 0.2) is 29.2 Å². The second-order valence-electron chi connectivity index (χ2n) is 4.37. The maximum absolute atomic E-state index is 12.2. The van der Waals surface area contributed by atoms with Crippen molar-refractivity contribution in [3.05, 3.63) is 34.8 Å². The number of amides is 1. The Morgan fingerprint density at radius 2 is 2.17 bits per heavy atom. The van der Waals surface area contributed by atoms with Gasteiger partial charge < -0.3 is 0 Å². The molecule has 0 bridgehead atoms. The molecule has 2 aromatic rings. The molecular weight excluding hydrogens is 336 g/mol.